The lowest BCUT2D eigenvalue weighted by molar-refractivity contribution is -0.384. The van der Waals surface area contributed by atoms with E-state index in [9.17, 15) is 24.5 Å². The second kappa shape index (κ2) is 11.4. The number of carbonyl (C=O) groups is 3. The van der Waals surface area contributed by atoms with E-state index in [-0.39, 0.29) is 47.1 Å². The molecule has 0 saturated carbocycles. The molecular weight excluding hydrogens is 448 g/mol. The molecule has 0 N–H and O–H groups in total. The molecule has 0 spiro atoms. The number of allylic oxidation sites excluding steroid dienone is 1. The normalized spacial score (nSPS) is 16.0. The third-order valence-corrected chi connectivity index (χ3v) is 5.08. The molecule has 11 nitrogen and oxygen atoms in total. The Balaban J connectivity index is 2.95. The van der Waals surface area contributed by atoms with E-state index < -0.39 is 34.9 Å². The minimum Gasteiger partial charge on any atom is -0.466 e. The van der Waals surface area contributed by atoms with Crippen molar-refractivity contribution in [2.75, 3.05) is 27.6 Å². The van der Waals surface area contributed by atoms with Crippen LogP contribution >= 0.6 is 0 Å². The summed E-state index contributed by atoms with van der Waals surface area (Å²) in [6, 6.07) is 5.45. The highest BCUT2D eigenvalue weighted by molar-refractivity contribution is 6.06. The highest BCUT2D eigenvalue weighted by Crippen LogP contribution is 2.44. The van der Waals surface area contributed by atoms with Crippen LogP contribution in [0.3, 0.4) is 0 Å². The zero-order valence-corrected chi connectivity index (χ0v) is 19.9. The van der Waals surface area contributed by atoms with Gasteiger partial charge in [0.25, 0.3) is 5.69 Å². The summed E-state index contributed by atoms with van der Waals surface area (Å²) in [5.74, 6) is -3.74. The number of rotatable bonds is 9. The average molecular weight is 476 g/mol. The van der Waals surface area contributed by atoms with Crippen LogP contribution in [0.15, 0.2) is 46.8 Å². The van der Waals surface area contributed by atoms with Gasteiger partial charge in [0.05, 0.1) is 42.3 Å². The van der Waals surface area contributed by atoms with Gasteiger partial charge in [-0.1, -0.05) is 12.1 Å². The lowest BCUT2D eigenvalue weighted by Crippen LogP contribution is -2.40. The molecule has 0 aliphatic carbocycles. The first-order chi connectivity index (χ1) is 16.1. The fourth-order valence-corrected chi connectivity index (χ4v) is 3.63. The lowest BCUT2D eigenvalue weighted by Gasteiger charge is -2.37. The molecule has 184 valence electrons. The third-order valence-electron chi connectivity index (χ3n) is 5.08. The summed E-state index contributed by atoms with van der Waals surface area (Å²) in [5, 5.41) is 11.4. The van der Waals surface area contributed by atoms with Gasteiger partial charge in [0.15, 0.2) is 0 Å². The molecule has 0 fully saturated rings. The average Bonchev–Trinajstić information content (AvgIpc) is 2.80. The number of nitro groups is 1. The highest BCUT2D eigenvalue weighted by Gasteiger charge is 2.44. The van der Waals surface area contributed by atoms with Crippen molar-refractivity contribution in [1.82, 2.24) is 4.90 Å². The number of esters is 3. The molecule has 0 aromatic heterocycles. The number of methoxy groups -OCH3 is 2. The SMILES string of the molecule is CCOCN1C(C)=C(C(=O)OC(C)C)[C@H](c2cccc([N+](=O)[O-])c2)C(C(=O)OC)=C1C(=O)OC. The fourth-order valence-electron chi connectivity index (χ4n) is 3.63. The molecule has 34 heavy (non-hydrogen) atoms. The van der Waals surface area contributed by atoms with E-state index >= 15 is 0 Å². The summed E-state index contributed by atoms with van der Waals surface area (Å²) in [6.45, 7) is 6.74. The molecule has 1 aliphatic heterocycles. The summed E-state index contributed by atoms with van der Waals surface area (Å²) in [7, 11) is 2.27. The van der Waals surface area contributed by atoms with Gasteiger partial charge in [-0.25, -0.2) is 14.4 Å². The Kier molecular flexibility index (Phi) is 8.90. The van der Waals surface area contributed by atoms with Crippen molar-refractivity contribution in [3.05, 3.63) is 62.5 Å². The van der Waals surface area contributed by atoms with Crippen molar-refractivity contribution < 1.29 is 38.3 Å². The summed E-state index contributed by atoms with van der Waals surface area (Å²) in [5.41, 5.74) is -0.172. The van der Waals surface area contributed by atoms with Crippen molar-refractivity contribution in [3.8, 4) is 0 Å². The Hall–Kier alpha value is -3.73. The number of nitrogens with zero attached hydrogens (tertiary/aromatic N) is 2. The molecule has 1 aromatic rings. The van der Waals surface area contributed by atoms with E-state index in [0.29, 0.717) is 0 Å². The summed E-state index contributed by atoms with van der Waals surface area (Å²) in [4.78, 5) is 51.4. The van der Waals surface area contributed by atoms with Crippen LogP contribution in [-0.2, 0) is 33.3 Å². The molecule has 1 aliphatic rings. The van der Waals surface area contributed by atoms with E-state index in [1.807, 2.05) is 0 Å². The molecule has 1 aromatic carbocycles. The van der Waals surface area contributed by atoms with Gasteiger partial charge in [-0.05, 0) is 33.3 Å². The molecular formula is C23H28N2O9. The Labute approximate surface area is 197 Å². The Morgan fingerprint density at radius 1 is 1.09 bits per heavy atom. The van der Waals surface area contributed by atoms with Gasteiger partial charge in [0.1, 0.15) is 12.4 Å². The molecule has 0 saturated heterocycles. The molecule has 0 radical (unpaired) electrons. The quantitative estimate of drug-likeness (QED) is 0.227. The first-order valence-electron chi connectivity index (χ1n) is 10.5. The van der Waals surface area contributed by atoms with E-state index in [1.165, 1.54) is 29.2 Å². The van der Waals surface area contributed by atoms with Crippen LogP contribution in [-0.4, -0.2) is 61.4 Å². The Morgan fingerprint density at radius 3 is 2.26 bits per heavy atom. The van der Waals surface area contributed by atoms with Gasteiger partial charge in [-0.3, -0.25) is 10.1 Å². The monoisotopic (exact) mass is 476 g/mol. The predicted octanol–water partition coefficient (Wildman–Crippen LogP) is 2.81. The van der Waals surface area contributed by atoms with E-state index in [1.54, 1.807) is 27.7 Å². The van der Waals surface area contributed by atoms with Gasteiger partial charge in [-0.15, -0.1) is 0 Å². The first kappa shape index (κ1) is 26.5. The maximum absolute atomic E-state index is 13.3. The number of carbonyl (C=O) groups excluding carboxylic acids is 3. The third kappa shape index (κ3) is 5.42. The topological polar surface area (TPSA) is 135 Å². The van der Waals surface area contributed by atoms with E-state index in [0.717, 1.165) is 14.2 Å². The van der Waals surface area contributed by atoms with E-state index in [4.69, 9.17) is 18.9 Å². The molecule has 0 unspecified atom stereocenters. The molecule has 1 atom stereocenters. The first-order valence-corrected chi connectivity index (χ1v) is 10.5. The van der Waals surface area contributed by atoms with Crippen LogP contribution in [0, 0.1) is 10.1 Å². The zero-order chi connectivity index (χ0) is 25.6. The smallest absolute Gasteiger partial charge is 0.355 e. The minimum atomic E-state index is -1.20. The molecule has 0 amide bonds. The van der Waals surface area contributed by atoms with Gasteiger partial charge in [-0.2, -0.15) is 0 Å². The van der Waals surface area contributed by atoms with Crippen LogP contribution in [0.25, 0.3) is 0 Å². The van der Waals surface area contributed by atoms with Crippen molar-refractivity contribution in [2.24, 2.45) is 0 Å². The summed E-state index contributed by atoms with van der Waals surface area (Å²) >= 11 is 0. The van der Waals surface area contributed by atoms with E-state index in [2.05, 4.69) is 0 Å². The van der Waals surface area contributed by atoms with Crippen LogP contribution in [0.5, 0.6) is 0 Å². The Morgan fingerprint density at radius 2 is 1.74 bits per heavy atom. The highest BCUT2D eigenvalue weighted by atomic mass is 16.6. The molecule has 0 bridgehead atoms. The number of hydrogen-bond donors (Lipinski definition) is 0. The lowest BCUT2D eigenvalue weighted by atomic mass is 9.79. The maximum Gasteiger partial charge on any atom is 0.355 e. The summed E-state index contributed by atoms with van der Waals surface area (Å²) in [6.07, 6.45) is -0.494. The zero-order valence-electron chi connectivity index (χ0n) is 19.9. The number of ether oxygens (including phenoxy) is 4. The molecule has 2 rings (SSSR count). The second-order valence-corrected chi connectivity index (χ2v) is 7.53. The number of hydrogen-bond acceptors (Lipinski definition) is 10. The minimum absolute atomic E-state index is 0.0157. The van der Waals surface area contributed by atoms with Crippen LogP contribution in [0.2, 0.25) is 0 Å². The number of non-ortho nitro benzene ring substituents is 1. The predicted molar refractivity (Wildman–Crippen MR) is 119 cm³/mol. The van der Waals surface area contributed by atoms with Crippen molar-refractivity contribution in [2.45, 2.75) is 39.7 Å². The van der Waals surface area contributed by atoms with Crippen molar-refractivity contribution >= 4 is 23.6 Å². The second-order valence-electron chi connectivity index (χ2n) is 7.53. The van der Waals surface area contributed by atoms with Crippen molar-refractivity contribution in [1.29, 1.82) is 0 Å². The summed E-state index contributed by atoms with van der Waals surface area (Å²) < 4.78 is 20.8. The van der Waals surface area contributed by atoms with Gasteiger partial charge in [0, 0.05) is 24.4 Å². The van der Waals surface area contributed by atoms with Crippen LogP contribution in [0.1, 0.15) is 39.2 Å². The molecule has 1 heterocycles. The molecule has 11 heteroatoms. The van der Waals surface area contributed by atoms with Gasteiger partial charge in [0.2, 0.25) is 0 Å². The largest absolute Gasteiger partial charge is 0.466 e. The standard InChI is InChI=1S/C23H28N2O9/c1-7-33-12-24-14(4)17(22(27)34-13(2)3)18(15-9-8-10-16(11-15)25(29)30)19(21(26)31-5)20(24)23(28)32-6/h8-11,13,18H,7,12H2,1-6H3/t18-/m0/s1. The van der Waals surface area contributed by atoms with Crippen molar-refractivity contribution in [3.63, 3.8) is 0 Å². The van der Waals surface area contributed by atoms with Crippen LogP contribution < -0.4 is 0 Å². The van der Waals surface area contributed by atoms with Gasteiger partial charge < -0.3 is 23.8 Å². The number of benzene rings is 1. The van der Waals surface area contributed by atoms with Gasteiger partial charge >= 0.3 is 17.9 Å². The maximum atomic E-state index is 13.3. The Bertz CT molecular complexity index is 1040. The number of nitro benzene ring substituents is 1. The fraction of sp³-hybridized carbons (Fsp3) is 0.435. The van der Waals surface area contributed by atoms with Crippen LogP contribution in [0.4, 0.5) is 5.69 Å².